The standard InChI is InChI=1S/C31H31FN8O3/c1-17-15-39(26-10-9-22(32)12-24(17)26)27-13-23(36-19(3)37-27)16-40-28(20-7-6-8-21(11-20)30(42)34-5)35-14-25(31(40)43)38-29(41)18(2)33-4/h6-15,18,33H,16H2,1-5H3,(H,34,42)(H,38,41). The van der Waals surface area contributed by atoms with Crippen LogP contribution in [-0.4, -0.2) is 56.0 Å². The summed E-state index contributed by atoms with van der Waals surface area (Å²) in [6.07, 6.45) is 3.18. The van der Waals surface area contributed by atoms with Crippen molar-refractivity contribution in [1.82, 2.24) is 34.7 Å². The van der Waals surface area contributed by atoms with Gasteiger partial charge in [0, 0.05) is 35.8 Å². The smallest absolute Gasteiger partial charge is 0.277 e. The average Bonchev–Trinajstić information content (AvgIpc) is 3.33. The van der Waals surface area contributed by atoms with Gasteiger partial charge in [0.05, 0.1) is 30.0 Å². The third kappa shape index (κ3) is 5.90. The van der Waals surface area contributed by atoms with Crippen LogP contribution in [0.5, 0.6) is 0 Å². The number of amides is 2. The highest BCUT2D eigenvalue weighted by Crippen LogP contribution is 2.25. The topological polar surface area (TPSA) is 136 Å². The summed E-state index contributed by atoms with van der Waals surface area (Å²) in [5.41, 5.74) is 2.58. The largest absolute Gasteiger partial charge is 0.355 e. The quantitative estimate of drug-likeness (QED) is 0.255. The van der Waals surface area contributed by atoms with Crippen molar-refractivity contribution in [1.29, 1.82) is 0 Å². The van der Waals surface area contributed by atoms with Gasteiger partial charge in [0.15, 0.2) is 0 Å². The number of aryl methyl sites for hydroxylation is 2. The molecule has 3 heterocycles. The van der Waals surface area contributed by atoms with E-state index in [2.05, 4.69) is 30.9 Å². The van der Waals surface area contributed by atoms with Crippen LogP contribution in [0, 0.1) is 19.7 Å². The third-order valence-corrected chi connectivity index (χ3v) is 7.15. The van der Waals surface area contributed by atoms with E-state index in [0.717, 1.165) is 16.5 Å². The summed E-state index contributed by atoms with van der Waals surface area (Å²) in [4.78, 5) is 52.5. The van der Waals surface area contributed by atoms with Crippen molar-refractivity contribution in [2.75, 3.05) is 19.4 Å². The van der Waals surface area contributed by atoms with E-state index in [4.69, 9.17) is 0 Å². The van der Waals surface area contributed by atoms with Crippen LogP contribution in [0.15, 0.2) is 65.7 Å². The fourth-order valence-electron chi connectivity index (χ4n) is 4.81. The maximum Gasteiger partial charge on any atom is 0.277 e. The zero-order chi connectivity index (χ0) is 30.8. The van der Waals surface area contributed by atoms with Gasteiger partial charge >= 0.3 is 0 Å². The molecule has 1 atom stereocenters. The van der Waals surface area contributed by atoms with Crippen LogP contribution in [0.25, 0.3) is 28.1 Å². The second kappa shape index (κ2) is 11.9. The molecule has 12 heteroatoms. The molecular formula is C31H31FN8O3. The van der Waals surface area contributed by atoms with Crippen molar-refractivity contribution in [3.05, 3.63) is 99.7 Å². The van der Waals surface area contributed by atoms with Crippen molar-refractivity contribution in [3.8, 4) is 17.2 Å². The zero-order valence-corrected chi connectivity index (χ0v) is 24.4. The van der Waals surface area contributed by atoms with Crippen LogP contribution in [0.4, 0.5) is 10.1 Å². The van der Waals surface area contributed by atoms with E-state index < -0.39 is 17.5 Å². The Kier molecular flexibility index (Phi) is 8.13. The number of hydrogen-bond acceptors (Lipinski definition) is 7. The minimum Gasteiger partial charge on any atom is -0.355 e. The van der Waals surface area contributed by atoms with Gasteiger partial charge in [-0.1, -0.05) is 12.1 Å². The van der Waals surface area contributed by atoms with Crippen molar-refractivity contribution in [3.63, 3.8) is 0 Å². The molecule has 0 spiro atoms. The molecule has 43 heavy (non-hydrogen) atoms. The van der Waals surface area contributed by atoms with Gasteiger partial charge in [-0.15, -0.1) is 0 Å². The molecule has 0 aliphatic carbocycles. The van der Waals surface area contributed by atoms with E-state index in [1.807, 2.05) is 17.7 Å². The maximum absolute atomic E-state index is 14.0. The van der Waals surface area contributed by atoms with Crippen LogP contribution in [0.2, 0.25) is 0 Å². The molecule has 5 rings (SSSR count). The van der Waals surface area contributed by atoms with Gasteiger partial charge in [-0.25, -0.2) is 19.3 Å². The molecule has 2 aromatic carbocycles. The number of carbonyl (C=O) groups is 2. The van der Waals surface area contributed by atoms with Crippen LogP contribution in [-0.2, 0) is 11.3 Å². The molecule has 0 aliphatic rings. The number of carbonyl (C=O) groups excluding carboxylic acids is 2. The molecule has 0 fully saturated rings. The van der Waals surface area contributed by atoms with Crippen LogP contribution < -0.4 is 21.5 Å². The van der Waals surface area contributed by atoms with Crippen LogP contribution >= 0.6 is 0 Å². The number of halogens is 1. The molecule has 220 valence electrons. The summed E-state index contributed by atoms with van der Waals surface area (Å²) in [6, 6.07) is 12.5. The summed E-state index contributed by atoms with van der Waals surface area (Å²) in [6.45, 7) is 5.30. The highest BCUT2D eigenvalue weighted by Gasteiger charge is 2.19. The Bertz CT molecular complexity index is 1930. The number of nitrogens with one attached hydrogen (secondary N) is 3. The molecule has 3 aromatic heterocycles. The Morgan fingerprint density at radius 2 is 1.84 bits per heavy atom. The number of likely N-dealkylation sites (N-methyl/N-ethyl adjacent to an activating group) is 1. The summed E-state index contributed by atoms with van der Waals surface area (Å²) < 4.78 is 17.2. The summed E-state index contributed by atoms with van der Waals surface area (Å²) in [7, 11) is 3.18. The predicted octanol–water partition coefficient (Wildman–Crippen LogP) is 3.35. The first-order valence-corrected chi connectivity index (χ1v) is 13.6. The van der Waals surface area contributed by atoms with E-state index in [-0.39, 0.29) is 29.8 Å². The fourth-order valence-corrected chi connectivity index (χ4v) is 4.81. The van der Waals surface area contributed by atoms with Gasteiger partial charge in [0.2, 0.25) is 5.91 Å². The van der Waals surface area contributed by atoms with Gasteiger partial charge in [-0.3, -0.25) is 19.0 Å². The molecule has 0 aliphatic heterocycles. The Labute approximate surface area is 246 Å². The summed E-state index contributed by atoms with van der Waals surface area (Å²) >= 11 is 0. The molecule has 5 aromatic rings. The van der Waals surface area contributed by atoms with Crippen molar-refractivity contribution in [2.45, 2.75) is 33.4 Å². The molecule has 0 saturated heterocycles. The van der Waals surface area contributed by atoms with E-state index in [1.54, 1.807) is 57.3 Å². The van der Waals surface area contributed by atoms with Gasteiger partial charge in [-0.05, 0) is 63.7 Å². The van der Waals surface area contributed by atoms with Gasteiger partial charge in [-0.2, -0.15) is 0 Å². The number of benzene rings is 2. The molecule has 0 saturated carbocycles. The number of anilines is 1. The molecule has 0 radical (unpaired) electrons. The first kappa shape index (κ1) is 29.3. The van der Waals surface area contributed by atoms with Gasteiger partial charge in [0.25, 0.3) is 11.5 Å². The molecule has 1 unspecified atom stereocenters. The highest BCUT2D eigenvalue weighted by atomic mass is 19.1. The lowest BCUT2D eigenvalue weighted by Crippen LogP contribution is -2.38. The molecule has 0 bridgehead atoms. The number of fused-ring (bicyclic) bond motifs is 1. The van der Waals surface area contributed by atoms with Crippen LogP contribution in [0.1, 0.15) is 34.4 Å². The summed E-state index contributed by atoms with van der Waals surface area (Å²) in [5, 5.41) is 8.85. The van der Waals surface area contributed by atoms with Crippen molar-refractivity contribution >= 4 is 28.4 Å². The van der Waals surface area contributed by atoms with E-state index in [0.29, 0.717) is 28.5 Å². The second-order valence-electron chi connectivity index (χ2n) is 10.2. The molecule has 2 amide bonds. The second-order valence-corrected chi connectivity index (χ2v) is 10.2. The van der Waals surface area contributed by atoms with E-state index in [9.17, 15) is 18.8 Å². The third-order valence-electron chi connectivity index (χ3n) is 7.15. The minimum atomic E-state index is -0.544. The zero-order valence-electron chi connectivity index (χ0n) is 24.4. The molecule has 11 nitrogen and oxygen atoms in total. The maximum atomic E-state index is 14.0. The van der Waals surface area contributed by atoms with Crippen LogP contribution in [0.3, 0.4) is 0 Å². The van der Waals surface area contributed by atoms with E-state index >= 15 is 0 Å². The lowest BCUT2D eigenvalue weighted by atomic mass is 10.1. The Morgan fingerprint density at radius 1 is 1.05 bits per heavy atom. The Hall–Kier alpha value is -5.23. The number of rotatable bonds is 8. The lowest BCUT2D eigenvalue weighted by Gasteiger charge is -2.16. The van der Waals surface area contributed by atoms with Gasteiger partial charge in [0.1, 0.15) is 29.0 Å². The van der Waals surface area contributed by atoms with Crippen molar-refractivity contribution in [2.24, 2.45) is 0 Å². The molecular weight excluding hydrogens is 551 g/mol. The number of aromatic nitrogens is 5. The highest BCUT2D eigenvalue weighted by molar-refractivity contribution is 5.95. The Morgan fingerprint density at radius 3 is 2.58 bits per heavy atom. The van der Waals surface area contributed by atoms with Gasteiger partial charge < -0.3 is 20.5 Å². The van der Waals surface area contributed by atoms with E-state index in [1.165, 1.54) is 29.9 Å². The number of nitrogens with zero attached hydrogens (tertiary/aromatic N) is 5. The Balaban J connectivity index is 1.64. The fraction of sp³-hybridized carbons (Fsp3) is 0.226. The number of hydrogen-bond donors (Lipinski definition) is 3. The first-order chi connectivity index (χ1) is 20.6. The average molecular weight is 583 g/mol. The lowest BCUT2D eigenvalue weighted by molar-refractivity contribution is -0.117. The van der Waals surface area contributed by atoms with Crippen molar-refractivity contribution < 1.29 is 14.0 Å². The minimum absolute atomic E-state index is 0.00152. The first-order valence-electron chi connectivity index (χ1n) is 13.6. The normalized spacial score (nSPS) is 11.9. The monoisotopic (exact) mass is 582 g/mol. The predicted molar refractivity (Wildman–Crippen MR) is 162 cm³/mol. The summed E-state index contributed by atoms with van der Waals surface area (Å²) in [5.74, 6) is 0.281. The molecule has 3 N–H and O–H groups in total. The SMILES string of the molecule is CNC(=O)c1cccc(-c2ncc(NC(=O)C(C)NC)c(=O)n2Cc2cc(-n3cc(C)c4cc(F)ccc43)nc(C)n2)c1.